The summed E-state index contributed by atoms with van der Waals surface area (Å²) in [6, 6.07) is 0. The van der Waals surface area contributed by atoms with Gasteiger partial charge in [0.2, 0.25) is 0 Å². The summed E-state index contributed by atoms with van der Waals surface area (Å²) in [5.41, 5.74) is 6.00. The van der Waals surface area contributed by atoms with Crippen LogP contribution in [0.15, 0.2) is 0 Å². The van der Waals surface area contributed by atoms with Crippen LogP contribution in [-0.2, 0) is 14.4 Å². The summed E-state index contributed by atoms with van der Waals surface area (Å²) in [6.45, 7) is 5.06. The monoisotopic (exact) mass is 389 g/mol. The van der Waals surface area contributed by atoms with Crippen LogP contribution in [0.5, 0.6) is 0 Å². The zero-order valence-corrected chi connectivity index (χ0v) is 15.8. The SMILES string of the molecule is CC(N)N1CCN(CC(=O)O)CCN(CC(=O)O)CCN(CC(=O)O)CC1. The minimum absolute atomic E-state index is 0.126. The fraction of sp³-hybridized carbons (Fsp3) is 0.812. The van der Waals surface area contributed by atoms with Crippen molar-refractivity contribution in [1.82, 2.24) is 19.6 Å². The fourth-order valence-electron chi connectivity index (χ4n) is 3.01. The molecule has 1 unspecified atom stereocenters. The predicted molar refractivity (Wildman–Crippen MR) is 97.4 cm³/mol. The van der Waals surface area contributed by atoms with Gasteiger partial charge in [0.15, 0.2) is 0 Å². The standard InChI is InChI=1S/C16H31N5O6/c1-13(17)21-8-6-19(11-15(24)25)4-2-18(10-14(22)23)3-5-20(7-9-21)12-16(26)27/h13H,2-12,17H2,1H3,(H,22,23)(H,24,25)(H,26,27). The molecule has 0 radical (unpaired) electrons. The highest BCUT2D eigenvalue weighted by Gasteiger charge is 2.20. The Morgan fingerprint density at radius 1 is 0.704 bits per heavy atom. The molecule has 5 N–H and O–H groups in total. The second kappa shape index (κ2) is 11.8. The molecule has 1 rings (SSSR count). The lowest BCUT2D eigenvalue weighted by Crippen LogP contribution is -2.51. The van der Waals surface area contributed by atoms with Gasteiger partial charge in [-0.25, -0.2) is 0 Å². The van der Waals surface area contributed by atoms with E-state index in [2.05, 4.69) is 0 Å². The Morgan fingerprint density at radius 2 is 0.963 bits per heavy atom. The minimum Gasteiger partial charge on any atom is -0.480 e. The molecule has 11 heteroatoms. The summed E-state index contributed by atoms with van der Waals surface area (Å²) in [5.74, 6) is -2.85. The van der Waals surface area contributed by atoms with Gasteiger partial charge in [-0.15, -0.1) is 0 Å². The topological polar surface area (TPSA) is 151 Å². The van der Waals surface area contributed by atoms with Crippen molar-refractivity contribution < 1.29 is 29.7 Å². The van der Waals surface area contributed by atoms with Crippen molar-refractivity contribution in [2.45, 2.75) is 13.1 Å². The van der Waals surface area contributed by atoms with E-state index in [0.29, 0.717) is 52.4 Å². The lowest BCUT2D eigenvalue weighted by molar-refractivity contribution is -0.140. The molecule has 0 aromatic carbocycles. The molecule has 1 heterocycles. The number of hydrogen-bond acceptors (Lipinski definition) is 8. The van der Waals surface area contributed by atoms with Crippen LogP contribution in [0.2, 0.25) is 0 Å². The Bertz CT molecular complexity index is 472. The molecule has 0 aromatic rings. The number of hydrogen-bond donors (Lipinski definition) is 4. The molecule has 1 aliphatic heterocycles. The highest BCUT2D eigenvalue weighted by atomic mass is 16.4. The lowest BCUT2D eigenvalue weighted by atomic mass is 10.3. The van der Waals surface area contributed by atoms with Gasteiger partial charge in [0.25, 0.3) is 0 Å². The molecule has 1 saturated heterocycles. The third kappa shape index (κ3) is 10.2. The van der Waals surface area contributed by atoms with Gasteiger partial charge in [-0.1, -0.05) is 0 Å². The van der Waals surface area contributed by atoms with E-state index in [1.807, 2.05) is 11.8 Å². The van der Waals surface area contributed by atoms with Gasteiger partial charge in [-0.3, -0.25) is 34.0 Å². The van der Waals surface area contributed by atoms with E-state index in [-0.39, 0.29) is 25.8 Å². The first-order valence-electron chi connectivity index (χ1n) is 8.99. The zero-order chi connectivity index (χ0) is 20.4. The second-order valence-electron chi connectivity index (χ2n) is 6.79. The van der Waals surface area contributed by atoms with Crippen LogP contribution in [0.3, 0.4) is 0 Å². The lowest BCUT2D eigenvalue weighted by Gasteiger charge is -2.34. The number of nitrogens with two attached hydrogens (primary N) is 1. The molecule has 27 heavy (non-hydrogen) atoms. The van der Waals surface area contributed by atoms with E-state index in [0.717, 1.165) is 0 Å². The van der Waals surface area contributed by atoms with Gasteiger partial charge in [0, 0.05) is 52.4 Å². The molecular formula is C16H31N5O6. The van der Waals surface area contributed by atoms with E-state index >= 15 is 0 Å². The van der Waals surface area contributed by atoms with Crippen molar-refractivity contribution in [3.63, 3.8) is 0 Å². The van der Waals surface area contributed by atoms with Gasteiger partial charge < -0.3 is 21.1 Å². The molecule has 11 nitrogen and oxygen atoms in total. The third-order valence-electron chi connectivity index (χ3n) is 4.52. The van der Waals surface area contributed by atoms with Crippen LogP contribution in [0.25, 0.3) is 0 Å². The smallest absolute Gasteiger partial charge is 0.317 e. The Morgan fingerprint density at radius 3 is 1.19 bits per heavy atom. The summed E-state index contributed by atoms with van der Waals surface area (Å²) in [4.78, 5) is 40.6. The average molecular weight is 389 g/mol. The predicted octanol–water partition coefficient (Wildman–Crippen LogP) is -2.23. The Balaban J connectivity index is 2.88. The first kappa shape index (κ1) is 23.2. The molecule has 0 saturated carbocycles. The molecule has 0 aliphatic carbocycles. The molecule has 0 amide bonds. The molecule has 1 atom stereocenters. The number of carboxylic acid groups (broad SMARTS) is 3. The van der Waals surface area contributed by atoms with Crippen LogP contribution < -0.4 is 5.73 Å². The molecule has 0 aromatic heterocycles. The maximum Gasteiger partial charge on any atom is 0.317 e. The molecule has 0 bridgehead atoms. The van der Waals surface area contributed by atoms with Crippen molar-refractivity contribution in [2.24, 2.45) is 5.73 Å². The molecule has 0 spiro atoms. The first-order valence-corrected chi connectivity index (χ1v) is 8.99. The maximum absolute atomic E-state index is 11.1. The van der Waals surface area contributed by atoms with E-state index < -0.39 is 17.9 Å². The molecule has 156 valence electrons. The number of carbonyl (C=O) groups is 3. The number of aliphatic carboxylic acids is 3. The Kier molecular flexibility index (Phi) is 10.2. The second-order valence-corrected chi connectivity index (χ2v) is 6.79. The van der Waals surface area contributed by atoms with Gasteiger partial charge >= 0.3 is 17.9 Å². The van der Waals surface area contributed by atoms with Crippen LogP contribution >= 0.6 is 0 Å². The molecular weight excluding hydrogens is 358 g/mol. The highest BCUT2D eigenvalue weighted by Crippen LogP contribution is 2.02. The summed E-state index contributed by atoms with van der Waals surface area (Å²) in [6.07, 6.45) is -0.241. The maximum atomic E-state index is 11.1. The number of carboxylic acids is 3. The number of nitrogens with zero attached hydrogens (tertiary/aromatic N) is 4. The van der Waals surface area contributed by atoms with Gasteiger partial charge in [0.1, 0.15) is 0 Å². The van der Waals surface area contributed by atoms with E-state index in [1.165, 1.54) is 0 Å². The highest BCUT2D eigenvalue weighted by molar-refractivity contribution is 5.69. The zero-order valence-electron chi connectivity index (χ0n) is 15.8. The Labute approximate surface area is 158 Å². The normalized spacial score (nSPS) is 21.1. The van der Waals surface area contributed by atoms with Gasteiger partial charge in [-0.05, 0) is 6.92 Å². The van der Waals surface area contributed by atoms with Crippen molar-refractivity contribution >= 4 is 17.9 Å². The molecule has 1 fully saturated rings. The number of rotatable bonds is 7. The van der Waals surface area contributed by atoms with Gasteiger partial charge in [0.05, 0.1) is 25.8 Å². The summed E-state index contributed by atoms with van der Waals surface area (Å²) < 4.78 is 0. The van der Waals surface area contributed by atoms with Crippen LogP contribution in [0.1, 0.15) is 6.92 Å². The van der Waals surface area contributed by atoms with Crippen molar-refractivity contribution in [3.8, 4) is 0 Å². The van der Waals surface area contributed by atoms with Crippen molar-refractivity contribution in [1.29, 1.82) is 0 Å². The summed E-state index contributed by atoms with van der Waals surface area (Å²) in [5, 5.41) is 27.3. The van der Waals surface area contributed by atoms with Gasteiger partial charge in [-0.2, -0.15) is 0 Å². The quantitative estimate of drug-likeness (QED) is 0.374. The largest absolute Gasteiger partial charge is 0.480 e. The molecule has 1 aliphatic rings. The first-order chi connectivity index (χ1) is 12.7. The third-order valence-corrected chi connectivity index (χ3v) is 4.52. The minimum atomic E-state index is -0.972. The summed E-state index contributed by atoms with van der Waals surface area (Å²) >= 11 is 0. The van der Waals surface area contributed by atoms with E-state index in [1.54, 1.807) is 14.7 Å². The average Bonchev–Trinajstić information content (AvgIpc) is 2.53. The van der Waals surface area contributed by atoms with Crippen LogP contribution in [-0.4, -0.2) is 131 Å². The van der Waals surface area contributed by atoms with E-state index in [9.17, 15) is 14.4 Å². The van der Waals surface area contributed by atoms with Crippen molar-refractivity contribution in [2.75, 3.05) is 72.0 Å². The summed E-state index contributed by atoms with van der Waals surface area (Å²) in [7, 11) is 0. The van der Waals surface area contributed by atoms with E-state index in [4.69, 9.17) is 21.1 Å². The fourth-order valence-corrected chi connectivity index (χ4v) is 3.01. The Hall–Kier alpha value is -1.79. The van der Waals surface area contributed by atoms with Crippen LogP contribution in [0.4, 0.5) is 0 Å². The van der Waals surface area contributed by atoms with Crippen LogP contribution in [0, 0.1) is 0 Å². The van der Waals surface area contributed by atoms with Crippen molar-refractivity contribution in [3.05, 3.63) is 0 Å².